The number of phenolic OH excluding ortho intramolecular Hbond substituents is 2. The molecule has 0 atom stereocenters. The van der Waals surface area contributed by atoms with Gasteiger partial charge in [-0.15, -0.1) is 0 Å². The van der Waals surface area contributed by atoms with Crippen molar-refractivity contribution < 1.29 is 10.2 Å². The summed E-state index contributed by atoms with van der Waals surface area (Å²) in [6, 6.07) is 1.62. The Balaban J connectivity index is 3.39. The van der Waals surface area contributed by atoms with Crippen LogP contribution in [0.4, 0.5) is 0 Å². The molecule has 1 rings (SSSR count). The van der Waals surface area contributed by atoms with Gasteiger partial charge in [0.15, 0.2) is 11.5 Å². The zero-order valence-electron chi connectivity index (χ0n) is 7.76. The van der Waals surface area contributed by atoms with Crippen molar-refractivity contribution in [2.45, 2.75) is 26.7 Å². The predicted molar refractivity (Wildman–Crippen MR) is 56.2 cm³/mol. The highest BCUT2D eigenvalue weighted by atomic mass is 79.9. The van der Waals surface area contributed by atoms with Crippen molar-refractivity contribution in [3.63, 3.8) is 0 Å². The predicted octanol–water partition coefficient (Wildman–Crippen LogP) is 2.99. The van der Waals surface area contributed by atoms with E-state index < -0.39 is 0 Å². The van der Waals surface area contributed by atoms with Gasteiger partial charge >= 0.3 is 0 Å². The van der Waals surface area contributed by atoms with Crippen LogP contribution in [0.3, 0.4) is 0 Å². The molecule has 1 aromatic carbocycles. The van der Waals surface area contributed by atoms with Crippen molar-refractivity contribution in [3.8, 4) is 11.5 Å². The van der Waals surface area contributed by atoms with Gasteiger partial charge in [-0.3, -0.25) is 0 Å². The monoisotopic (exact) mass is 244 g/mol. The number of phenols is 2. The van der Waals surface area contributed by atoms with Gasteiger partial charge in [0, 0.05) is 0 Å². The minimum absolute atomic E-state index is 0.0547. The third-order valence-electron chi connectivity index (χ3n) is 2.15. The van der Waals surface area contributed by atoms with Crippen molar-refractivity contribution in [2.75, 3.05) is 0 Å². The molecule has 2 N–H and O–H groups in total. The van der Waals surface area contributed by atoms with Crippen LogP contribution in [-0.2, 0) is 12.8 Å². The second kappa shape index (κ2) is 4.01. The average Bonchev–Trinajstić information content (AvgIpc) is 2.13. The van der Waals surface area contributed by atoms with Crippen LogP contribution in [0.5, 0.6) is 11.5 Å². The Hall–Kier alpha value is -0.700. The molecule has 0 heterocycles. The van der Waals surface area contributed by atoms with E-state index in [1.165, 1.54) is 0 Å². The normalized spacial score (nSPS) is 10.4. The second-order valence-electron chi connectivity index (χ2n) is 2.90. The fourth-order valence-corrected chi connectivity index (χ4v) is 2.15. The number of hydrogen-bond donors (Lipinski definition) is 2. The molecule has 0 saturated heterocycles. The Morgan fingerprint density at radius 3 is 2.31 bits per heavy atom. The molecule has 72 valence electrons. The van der Waals surface area contributed by atoms with Crippen molar-refractivity contribution in [2.24, 2.45) is 0 Å². The Bertz CT molecular complexity index is 321. The molecule has 0 saturated carbocycles. The largest absolute Gasteiger partial charge is 0.504 e. The van der Waals surface area contributed by atoms with Gasteiger partial charge in [0.25, 0.3) is 0 Å². The summed E-state index contributed by atoms with van der Waals surface area (Å²) in [4.78, 5) is 0. The van der Waals surface area contributed by atoms with Crippen LogP contribution in [0.2, 0.25) is 0 Å². The molecule has 0 unspecified atom stereocenters. The first-order valence-corrected chi connectivity index (χ1v) is 5.13. The third kappa shape index (κ3) is 1.80. The van der Waals surface area contributed by atoms with E-state index in [9.17, 15) is 10.2 Å². The summed E-state index contributed by atoms with van der Waals surface area (Å²) in [5.41, 5.74) is 2.14. The number of hydrogen-bond acceptors (Lipinski definition) is 2. The number of aryl methyl sites for hydroxylation is 1. The van der Waals surface area contributed by atoms with E-state index in [2.05, 4.69) is 15.9 Å². The topological polar surface area (TPSA) is 40.5 Å². The summed E-state index contributed by atoms with van der Waals surface area (Å²) < 4.78 is 0.617. The van der Waals surface area contributed by atoms with E-state index in [1.807, 2.05) is 13.8 Å². The fraction of sp³-hybridized carbons (Fsp3) is 0.400. The number of benzene rings is 1. The molecule has 0 aliphatic carbocycles. The Kier molecular flexibility index (Phi) is 3.20. The molecule has 2 nitrogen and oxygen atoms in total. The molecule has 1 aromatic rings. The van der Waals surface area contributed by atoms with Crippen LogP contribution in [0.15, 0.2) is 10.5 Å². The lowest BCUT2D eigenvalue weighted by Crippen LogP contribution is -1.92. The number of aromatic hydroxyl groups is 2. The van der Waals surface area contributed by atoms with E-state index in [4.69, 9.17) is 0 Å². The van der Waals surface area contributed by atoms with Crippen molar-refractivity contribution in [1.82, 2.24) is 0 Å². The molecule has 0 aromatic heterocycles. The maximum absolute atomic E-state index is 9.44. The minimum atomic E-state index is -0.0611. The quantitative estimate of drug-likeness (QED) is 0.786. The first-order valence-electron chi connectivity index (χ1n) is 4.33. The molecule has 0 aliphatic heterocycles. The van der Waals surface area contributed by atoms with Crippen LogP contribution in [0.25, 0.3) is 0 Å². The van der Waals surface area contributed by atoms with Crippen LogP contribution < -0.4 is 0 Å². The molecule has 0 amide bonds. The molecule has 3 heteroatoms. The van der Waals surface area contributed by atoms with Crippen molar-refractivity contribution in [3.05, 3.63) is 21.7 Å². The van der Waals surface area contributed by atoms with Gasteiger partial charge in [0.2, 0.25) is 0 Å². The van der Waals surface area contributed by atoms with Crippen LogP contribution in [-0.4, -0.2) is 10.2 Å². The van der Waals surface area contributed by atoms with E-state index in [1.54, 1.807) is 6.07 Å². The minimum Gasteiger partial charge on any atom is -0.504 e. The molecule has 13 heavy (non-hydrogen) atoms. The molecule has 0 spiro atoms. The van der Waals surface area contributed by atoms with Crippen LogP contribution >= 0.6 is 15.9 Å². The molecule has 0 aliphatic rings. The number of halogens is 1. The van der Waals surface area contributed by atoms with Gasteiger partial charge in [0.05, 0.1) is 4.47 Å². The Morgan fingerprint density at radius 2 is 1.85 bits per heavy atom. The van der Waals surface area contributed by atoms with Gasteiger partial charge in [-0.05, 0) is 46.0 Å². The van der Waals surface area contributed by atoms with E-state index in [-0.39, 0.29) is 11.5 Å². The van der Waals surface area contributed by atoms with Crippen molar-refractivity contribution in [1.29, 1.82) is 0 Å². The van der Waals surface area contributed by atoms with Crippen molar-refractivity contribution >= 4 is 15.9 Å². The average molecular weight is 245 g/mol. The van der Waals surface area contributed by atoms with Crippen LogP contribution in [0, 0.1) is 0 Å². The van der Waals surface area contributed by atoms with E-state index in [0.29, 0.717) is 4.47 Å². The Morgan fingerprint density at radius 1 is 1.23 bits per heavy atom. The lowest BCUT2D eigenvalue weighted by Gasteiger charge is -2.11. The smallest absolute Gasteiger partial charge is 0.172 e. The molecular weight excluding hydrogens is 232 g/mol. The summed E-state index contributed by atoms with van der Waals surface area (Å²) in [7, 11) is 0. The fourth-order valence-electron chi connectivity index (χ4n) is 1.41. The van der Waals surface area contributed by atoms with Gasteiger partial charge in [-0.2, -0.15) is 0 Å². The second-order valence-corrected chi connectivity index (χ2v) is 3.70. The lowest BCUT2D eigenvalue weighted by molar-refractivity contribution is 0.400. The SMILES string of the molecule is CCc1cc(O)c(O)c(Br)c1CC. The van der Waals surface area contributed by atoms with E-state index >= 15 is 0 Å². The zero-order chi connectivity index (χ0) is 10.0. The molecule has 0 fully saturated rings. The summed E-state index contributed by atoms with van der Waals surface area (Å²) in [6.07, 6.45) is 1.70. The maximum Gasteiger partial charge on any atom is 0.172 e. The zero-order valence-corrected chi connectivity index (χ0v) is 9.35. The van der Waals surface area contributed by atoms with Gasteiger partial charge < -0.3 is 10.2 Å². The number of rotatable bonds is 2. The highest BCUT2D eigenvalue weighted by molar-refractivity contribution is 9.10. The first kappa shape index (κ1) is 10.4. The Labute approximate surface area is 86.3 Å². The van der Waals surface area contributed by atoms with Gasteiger partial charge in [-0.1, -0.05) is 13.8 Å². The standard InChI is InChI=1S/C10H13BrO2/c1-3-6-5-8(12)10(13)9(11)7(6)4-2/h5,12-13H,3-4H2,1-2H3. The summed E-state index contributed by atoms with van der Waals surface area (Å²) in [6.45, 7) is 4.05. The molecule has 0 bridgehead atoms. The summed E-state index contributed by atoms with van der Waals surface area (Å²) >= 11 is 3.27. The third-order valence-corrected chi connectivity index (χ3v) is 3.00. The van der Waals surface area contributed by atoms with Crippen LogP contribution in [0.1, 0.15) is 25.0 Å². The first-order chi connectivity index (χ1) is 6.11. The molecular formula is C10H13BrO2. The van der Waals surface area contributed by atoms with Gasteiger partial charge in [-0.25, -0.2) is 0 Å². The van der Waals surface area contributed by atoms with Gasteiger partial charge in [0.1, 0.15) is 0 Å². The highest BCUT2D eigenvalue weighted by Gasteiger charge is 2.12. The summed E-state index contributed by atoms with van der Waals surface area (Å²) in [5, 5.41) is 18.8. The lowest BCUT2D eigenvalue weighted by atomic mass is 10.0. The maximum atomic E-state index is 9.44. The molecule has 0 radical (unpaired) electrons. The highest BCUT2D eigenvalue weighted by Crippen LogP contribution is 2.38. The van der Waals surface area contributed by atoms with E-state index in [0.717, 1.165) is 24.0 Å². The summed E-state index contributed by atoms with van der Waals surface area (Å²) in [5.74, 6) is -0.116.